The van der Waals surface area contributed by atoms with E-state index in [-0.39, 0.29) is 5.71 Å². The van der Waals surface area contributed by atoms with Crippen LogP contribution in [0.1, 0.15) is 12.0 Å². The van der Waals surface area contributed by atoms with Gasteiger partial charge in [-0.05, 0) is 11.6 Å². The highest BCUT2D eigenvalue weighted by atomic mass is 19.4. The Kier molecular flexibility index (Phi) is 3.13. The van der Waals surface area contributed by atoms with E-state index >= 15 is 0 Å². The number of rotatable bonds is 2. The number of benzene rings is 1. The largest absolute Gasteiger partial charge is 0.458 e. The van der Waals surface area contributed by atoms with E-state index in [1.165, 1.54) is 6.08 Å². The molecule has 1 aromatic rings. The normalized spacial score (nSPS) is 24.1. The molecule has 0 radical (unpaired) electrons. The van der Waals surface area contributed by atoms with Gasteiger partial charge >= 0.3 is 12.0 Å². The zero-order valence-electron chi connectivity index (χ0n) is 9.19. The lowest BCUT2D eigenvalue weighted by Gasteiger charge is -2.22. The van der Waals surface area contributed by atoms with Crippen molar-refractivity contribution in [2.24, 2.45) is 5.16 Å². The zero-order valence-corrected chi connectivity index (χ0v) is 9.19. The number of hydrogen-bond acceptors (Lipinski definition) is 3. The molecule has 1 heterocycles. The van der Waals surface area contributed by atoms with Gasteiger partial charge in [-0.15, -0.1) is 0 Å². The fourth-order valence-corrected chi connectivity index (χ4v) is 1.44. The summed E-state index contributed by atoms with van der Waals surface area (Å²) < 4.78 is 37.2. The molecule has 0 aliphatic carbocycles. The van der Waals surface area contributed by atoms with Crippen LogP contribution in [0.3, 0.4) is 0 Å². The summed E-state index contributed by atoms with van der Waals surface area (Å²) in [5.74, 6) is -3.20. The molecule has 96 valence electrons. The second kappa shape index (κ2) is 4.45. The molecule has 0 amide bonds. The van der Waals surface area contributed by atoms with E-state index in [9.17, 15) is 18.3 Å². The molecule has 0 fully saturated rings. The number of alkyl halides is 3. The van der Waals surface area contributed by atoms with Crippen molar-refractivity contribution in [1.82, 2.24) is 0 Å². The highest BCUT2D eigenvalue weighted by Gasteiger charge is 2.60. The second-order valence-electron chi connectivity index (χ2n) is 3.88. The Bertz CT molecular complexity index is 482. The van der Waals surface area contributed by atoms with Crippen LogP contribution in [0.4, 0.5) is 13.2 Å². The molecular formula is C12H10F3NO2. The fourth-order valence-electron chi connectivity index (χ4n) is 1.44. The lowest BCUT2D eigenvalue weighted by atomic mass is 10.1. The molecule has 1 N–H and O–H groups in total. The minimum Gasteiger partial charge on any atom is -0.350 e. The third kappa shape index (κ3) is 2.53. The summed E-state index contributed by atoms with van der Waals surface area (Å²) in [7, 11) is 0. The van der Waals surface area contributed by atoms with Crippen molar-refractivity contribution < 1.29 is 23.1 Å². The lowest BCUT2D eigenvalue weighted by Crippen LogP contribution is -2.45. The van der Waals surface area contributed by atoms with Crippen LogP contribution in [0.2, 0.25) is 0 Å². The van der Waals surface area contributed by atoms with Gasteiger partial charge in [-0.3, -0.25) is 0 Å². The molecule has 1 aromatic carbocycles. The van der Waals surface area contributed by atoms with Crippen LogP contribution in [0, 0.1) is 0 Å². The monoisotopic (exact) mass is 257 g/mol. The number of hydrogen-bond donors (Lipinski definition) is 1. The first-order valence-corrected chi connectivity index (χ1v) is 5.18. The van der Waals surface area contributed by atoms with Crippen LogP contribution < -0.4 is 0 Å². The molecule has 0 saturated heterocycles. The number of oxime groups is 1. The minimum atomic E-state index is -4.86. The topological polar surface area (TPSA) is 41.8 Å². The van der Waals surface area contributed by atoms with Gasteiger partial charge in [-0.25, -0.2) is 0 Å². The maximum Gasteiger partial charge on any atom is 0.458 e. The average Bonchev–Trinajstić information content (AvgIpc) is 2.71. The van der Waals surface area contributed by atoms with Crippen LogP contribution in [0.5, 0.6) is 0 Å². The maximum absolute atomic E-state index is 12.4. The van der Waals surface area contributed by atoms with Crippen molar-refractivity contribution in [3.8, 4) is 0 Å². The molecule has 2 rings (SSSR count). The fraction of sp³-hybridized carbons (Fsp3) is 0.250. The van der Waals surface area contributed by atoms with E-state index in [4.69, 9.17) is 0 Å². The SMILES string of the molecule is O[C@@]1(C(F)(F)F)CC(C=Cc2ccccc2)=NO1. The zero-order chi connectivity index (χ0) is 13.2. The average molecular weight is 257 g/mol. The van der Waals surface area contributed by atoms with Gasteiger partial charge < -0.3 is 9.94 Å². The molecule has 1 aliphatic rings. The summed E-state index contributed by atoms with van der Waals surface area (Å²) in [5.41, 5.74) is 0.862. The van der Waals surface area contributed by atoms with Crippen molar-refractivity contribution in [1.29, 1.82) is 0 Å². The maximum atomic E-state index is 12.4. The Labute approximate surface area is 101 Å². The highest BCUT2D eigenvalue weighted by Crippen LogP contribution is 2.37. The van der Waals surface area contributed by atoms with Crippen LogP contribution in [-0.2, 0) is 4.84 Å². The first-order valence-electron chi connectivity index (χ1n) is 5.18. The third-order valence-corrected chi connectivity index (χ3v) is 2.45. The first-order chi connectivity index (χ1) is 8.41. The molecule has 0 unspecified atom stereocenters. The molecule has 0 spiro atoms. The van der Waals surface area contributed by atoms with Gasteiger partial charge in [0.2, 0.25) is 0 Å². The van der Waals surface area contributed by atoms with Crippen molar-refractivity contribution in [3.63, 3.8) is 0 Å². The number of aliphatic hydroxyl groups is 1. The molecule has 0 bridgehead atoms. The van der Waals surface area contributed by atoms with Crippen LogP contribution >= 0.6 is 0 Å². The van der Waals surface area contributed by atoms with E-state index in [1.54, 1.807) is 30.3 Å². The van der Waals surface area contributed by atoms with Crippen LogP contribution in [-0.4, -0.2) is 22.8 Å². The van der Waals surface area contributed by atoms with Gasteiger partial charge in [-0.2, -0.15) is 13.2 Å². The Morgan fingerprint density at radius 2 is 1.89 bits per heavy atom. The van der Waals surface area contributed by atoms with Crippen molar-refractivity contribution >= 4 is 11.8 Å². The highest BCUT2D eigenvalue weighted by molar-refractivity contribution is 5.99. The molecular weight excluding hydrogens is 247 g/mol. The molecule has 0 saturated carbocycles. The predicted octanol–water partition coefficient (Wildman–Crippen LogP) is 2.73. The number of nitrogens with zero attached hydrogens (tertiary/aromatic N) is 1. The van der Waals surface area contributed by atoms with E-state index in [1.807, 2.05) is 6.07 Å². The Morgan fingerprint density at radius 1 is 1.22 bits per heavy atom. The molecule has 0 aromatic heterocycles. The number of halogens is 3. The third-order valence-electron chi connectivity index (χ3n) is 2.45. The quantitative estimate of drug-likeness (QED) is 0.885. The van der Waals surface area contributed by atoms with Gasteiger partial charge in [0.1, 0.15) is 0 Å². The summed E-state index contributed by atoms with van der Waals surface area (Å²) in [6.07, 6.45) is -2.58. The van der Waals surface area contributed by atoms with Crippen LogP contribution in [0.15, 0.2) is 41.6 Å². The van der Waals surface area contributed by atoms with Crippen molar-refractivity contribution in [3.05, 3.63) is 42.0 Å². The number of allylic oxidation sites excluding steroid dienone is 1. The van der Waals surface area contributed by atoms with E-state index < -0.39 is 18.4 Å². The molecule has 18 heavy (non-hydrogen) atoms. The van der Waals surface area contributed by atoms with Gasteiger partial charge in [-0.1, -0.05) is 41.6 Å². The molecule has 1 aliphatic heterocycles. The standard InChI is InChI=1S/C12H10F3NO2/c13-12(14,15)11(17)8-10(16-18-11)7-6-9-4-2-1-3-5-9/h1-7,17H,8H2/t11-/m0/s1. The first kappa shape index (κ1) is 12.6. The summed E-state index contributed by atoms with van der Waals surface area (Å²) >= 11 is 0. The Hall–Kier alpha value is -1.82. The van der Waals surface area contributed by atoms with Crippen molar-refractivity contribution in [2.45, 2.75) is 18.4 Å². The molecule has 1 atom stereocenters. The Balaban J connectivity index is 2.04. The smallest absolute Gasteiger partial charge is 0.350 e. The summed E-state index contributed by atoms with van der Waals surface area (Å²) in [6.45, 7) is 0. The minimum absolute atomic E-state index is 0.0404. The summed E-state index contributed by atoms with van der Waals surface area (Å²) in [4.78, 5) is 4.07. The van der Waals surface area contributed by atoms with Gasteiger partial charge in [0.15, 0.2) is 0 Å². The van der Waals surface area contributed by atoms with E-state index in [0.29, 0.717) is 0 Å². The van der Waals surface area contributed by atoms with E-state index in [2.05, 4.69) is 9.99 Å². The van der Waals surface area contributed by atoms with Crippen LogP contribution in [0.25, 0.3) is 6.08 Å². The second-order valence-corrected chi connectivity index (χ2v) is 3.88. The Morgan fingerprint density at radius 3 is 2.44 bits per heavy atom. The van der Waals surface area contributed by atoms with Gasteiger partial charge in [0.05, 0.1) is 12.1 Å². The summed E-state index contributed by atoms with van der Waals surface area (Å²) in [5, 5.41) is 12.4. The predicted molar refractivity (Wildman–Crippen MR) is 59.6 cm³/mol. The van der Waals surface area contributed by atoms with Gasteiger partial charge in [0.25, 0.3) is 0 Å². The van der Waals surface area contributed by atoms with E-state index in [0.717, 1.165) is 5.56 Å². The molecule has 6 heteroatoms. The van der Waals surface area contributed by atoms with Crippen molar-refractivity contribution in [2.75, 3.05) is 0 Å². The summed E-state index contributed by atoms with van der Waals surface area (Å²) in [6, 6.07) is 9.03. The lowest BCUT2D eigenvalue weighted by molar-refractivity contribution is -0.355. The van der Waals surface area contributed by atoms with Gasteiger partial charge in [0, 0.05) is 0 Å². The molecule has 3 nitrogen and oxygen atoms in total.